The molecule has 2 aliphatic heterocycles. The first-order valence-electron chi connectivity index (χ1n) is 10.6. The summed E-state index contributed by atoms with van der Waals surface area (Å²) in [4.78, 5) is 0. The van der Waals surface area contributed by atoms with Crippen LogP contribution in [-0.2, 0) is 0 Å². The van der Waals surface area contributed by atoms with Gasteiger partial charge in [0.15, 0.2) is 0 Å². The van der Waals surface area contributed by atoms with E-state index in [1.165, 1.54) is 5.56 Å². The monoisotopic (exact) mass is 476 g/mol. The van der Waals surface area contributed by atoms with Gasteiger partial charge in [0, 0.05) is 22.0 Å². The van der Waals surface area contributed by atoms with Crippen molar-refractivity contribution in [1.29, 1.82) is 0 Å². The van der Waals surface area contributed by atoms with Gasteiger partial charge in [-0.15, -0.1) is 0 Å². The van der Waals surface area contributed by atoms with E-state index in [0.717, 1.165) is 44.8 Å². The van der Waals surface area contributed by atoms with Gasteiger partial charge in [0.05, 0.1) is 17.9 Å². The minimum atomic E-state index is -0.283. The molecule has 2 aliphatic rings. The van der Waals surface area contributed by atoms with E-state index in [1.807, 2.05) is 38.1 Å². The molecule has 5 heteroatoms. The minimum Gasteiger partial charge on any atom is -0.491 e. The maximum Gasteiger partial charge on any atom is 0.213 e. The lowest BCUT2D eigenvalue weighted by molar-refractivity contribution is -0.0191. The van der Waals surface area contributed by atoms with Gasteiger partial charge >= 0.3 is 0 Å². The topological polar surface area (TPSA) is 34.1 Å². The summed E-state index contributed by atoms with van der Waals surface area (Å²) in [5, 5.41) is 7.16. The predicted octanol–water partition coefficient (Wildman–Crippen LogP) is 6.79. The molecular weight excluding hydrogens is 452 g/mol. The van der Waals surface area contributed by atoms with Crippen molar-refractivity contribution in [2.24, 2.45) is 5.10 Å². The molecule has 158 valence electrons. The van der Waals surface area contributed by atoms with E-state index < -0.39 is 0 Å². The van der Waals surface area contributed by atoms with Gasteiger partial charge < -0.3 is 9.47 Å². The largest absolute Gasteiger partial charge is 0.491 e. The van der Waals surface area contributed by atoms with E-state index in [1.54, 1.807) is 0 Å². The molecule has 5 rings (SSSR count). The van der Waals surface area contributed by atoms with Crippen LogP contribution in [0.15, 0.2) is 76.3 Å². The zero-order chi connectivity index (χ0) is 21.5. The molecule has 0 N–H and O–H groups in total. The highest BCUT2D eigenvalue weighted by Gasteiger charge is 2.41. The number of fused-ring (bicyclic) bond motifs is 3. The van der Waals surface area contributed by atoms with Gasteiger partial charge in [-0.3, -0.25) is 0 Å². The van der Waals surface area contributed by atoms with E-state index in [0.29, 0.717) is 0 Å². The second kappa shape index (κ2) is 8.04. The summed E-state index contributed by atoms with van der Waals surface area (Å²) in [6, 6.07) is 23.1. The molecule has 0 fully saturated rings. The molecule has 0 bridgehead atoms. The van der Waals surface area contributed by atoms with Gasteiger partial charge in [0.25, 0.3) is 0 Å². The normalized spacial score (nSPS) is 19.5. The van der Waals surface area contributed by atoms with E-state index in [2.05, 4.69) is 70.3 Å². The Hall–Kier alpha value is -2.79. The third-order valence-corrected chi connectivity index (χ3v) is 6.17. The fourth-order valence-corrected chi connectivity index (χ4v) is 4.56. The number of aryl methyl sites for hydroxylation is 1. The fourth-order valence-electron chi connectivity index (χ4n) is 4.18. The van der Waals surface area contributed by atoms with Crippen LogP contribution in [0, 0.1) is 6.92 Å². The summed E-state index contributed by atoms with van der Waals surface area (Å²) in [6.45, 7) is 6.17. The second-order valence-electron chi connectivity index (χ2n) is 8.40. The Balaban J connectivity index is 1.53. The lowest BCUT2D eigenvalue weighted by atomic mass is 9.95. The molecule has 2 atom stereocenters. The number of halogens is 1. The summed E-state index contributed by atoms with van der Waals surface area (Å²) in [7, 11) is 0. The Bertz CT molecular complexity index is 1120. The van der Waals surface area contributed by atoms with Crippen LogP contribution in [0.2, 0.25) is 0 Å². The molecule has 0 amide bonds. The second-order valence-corrected chi connectivity index (χ2v) is 9.32. The summed E-state index contributed by atoms with van der Waals surface area (Å²) >= 11 is 3.62. The number of rotatable bonds is 4. The third kappa shape index (κ3) is 3.94. The highest BCUT2D eigenvalue weighted by molar-refractivity contribution is 9.10. The van der Waals surface area contributed by atoms with Gasteiger partial charge in [0.1, 0.15) is 11.5 Å². The Kier molecular flexibility index (Phi) is 5.22. The van der Waals surface area contributed by atoms with Crippen LogP contribution in [0.25, 0.3) is 0 Å². The SMILES string of the molecule is Cc1ccc(C2=NN3[C@@H](c4ccc(OC(C)C)cc4)Oc4ccc(Br)cc4[C@@H]3C2)cc1. The minimum absolute atomic E-state index is 0.133. The predicted molar refractivity (Wildman–Crippen MR) is 127 cm³/mol. The summed E-state index contributed by atoms with van der Waals surface area (Å²) in [5.41, 5.74) is 5.72. The van der Waals surface area contributed by atoms with Crippen molar-refractivity contribution in [3.63, 3.8) is 0 Å². The standard InChI is InChI=1S/C26H25BrN2O2/c1-16(2)30-21-11-8-19(9-12-21)26-29-24(22-14-20(27)10-13-25(22)31-26)15-23(28-29)18-6-4-17(3)5-7-18/h4-14,16,24,26H,15H2,1-3H3/t24-,26+/m0/s1. The first-order valence-corrected chi connectivity index (χ1v) is 11.4. The van der Waals surface area contributed by atoms with Crippen LogP contribution < -0.4 is 9.47 Å². The van der Waals surface area contributed by atoms with E-state index in [9.17, 15) is 0 Å². The highest BCUT2D eigenvalue weighted by Crippen LogP contribution is 2.48. The Labute approximate surface area is 191 Å². The number of nitrogens with zero attached hydrogens (tertiary/aromatic N) is 2. The quantitative estimate of drug-likeness (QED) is 0.415. The smallest absolute Gasteiger partial charge is 0.213 e. The van der Waals surface area contributed by atoms with Crippen LogP contribution in [0.4, 0.5) is 0 Å². The van der Waals surface area contributed by atoms with Crippen molar-refractivity contribution >= 4 is 21.6 Å². The lowest BCUT2D eigenvalue weighted by Crippen LogP contribution is -2.33. The molecule has 0 unspecified atom stereocenters. The van der Waals surface area contributed by atoms with Gasteiger partial charge in [-0.1, -0.05) is 45.8 Å². The van der Waals surface area contributed by atoms with E-state index in [-0.39, 0.29) is 18.4 Å². The van der Waals surface area contributed by atoms with Gasteiger partial charge in [-0.2, -0.15) is 5.10 Å². The van der Waals surface area contributed by atoms with Crippen LogP contribution in [0.1, 0.15) is 54.8 Å². The third-order valence-electron chi connectivity index (χ3n) is 5.67. The maximum atomic E-state index is 6.47. The molecule has 0 saturated heterocycles. The highest BCUT2D eigenvalue weighted by atomic mass is 79.9. The fraction of sp³-hybridized carbons (Fsp3) is 0.269. The average molecular weight is 477 g/mol. The van der Waals surface area contributed by atoms with Crippen molar-refractivity contribution in [1.82, 2.24) is 5.01 Å². The van der Waals surface area contributed by atoms with Crippen LogP contribution >= 0.6 is 15.9 Å². The molecule has 3 aromatic rings. The number of hydrogen-bond donors (Lipinski definition) is 0. The molecule has 31 heavy (non-hydrogen) atoms. The van der Waals surface area contributed by atoms with Crippen LogP contribution in [-0.4, -0.2) is 16.8 Å². The van der Waals surface area contributed by atoms with Gasteiger partial charge in [0.2, 0.25) is 6.23 Å². The zero-order valence-corrected chi connectivity index (χ0v) is 19.5. The lowest BCUT2D eigenvalue weighted by Gasteiger charge is -2.38. The molecule has 2 heterocycles. The molecule has 0 aromatic heterocycles. The van der Waals surface area contributed by atoms with E-state index >= 15 is 0 Å². The maximum absolute atomic E-state index is 6.47. The molecular formula is C26H25BrN2O2. The molecule has 0 radical (unpaired) electrons. The van der Waals surface area contributed by atoms with Crippen molar-refractivity contribution in [2.45, 2.75) is 45.6 Å². The van der Waals surface area contributed by atoms with Crippen molar-refractivity contribution in [3.8, 4) is 11.5 Å². The van der Waals surface area contributed by atoms with Crippen LogP contribution in [0.5, 0.6) is 11.5 Å². The number of hydrogen-bond acceptors (Lipinski definition) is 4. The Morgan fingerprint density at radius 1 is 1.03 bits per heavy atom. The summed E-state index contributed by atoms with van der Waals surface area (Å²) in [6.07, 6.45) is 0.711. The number of benzene rings is 3. The van der Waals surface area contributed by atoms with Crippen molar-refractivity contribution < 1.29 is 9.47 Å². The molecule has 0 aliphatic carbocycles. The van der Waals surface area contributed by atoms with Crippen LogP contribution in [0.3, 0.4) is 0 Å². The number of hydrazone groups is 1. The summed E-state index contributed by atoms with van der Waals surface area (Å²) < 4.78 is 13.3. The van der Waals surface area contributed by atoms with Gasteiger partial charge in [-0.25, -0.2) is 5.01 Å². The Morgan fingerprint density at radius 3 is 2.48 bits per heavy atom. The zero-order valence-electron chi connectivity index (χ0n) is 17.9. The molecule has 4 nitrogen and oxygen atoms in total. The van der Waals surface area contributed by atoms with Crippen molar-refractivity contribution in [3.05, 3.63) is 93.5 Å². The van der Waals surface area contributed by atoms with E-state index in [4.69, 9.17) is 14.6 Å². The average Bonchev–Trinajstić information content (AvgIpc) is 3.20. The first kappa shape index (κ1) is 20.1. The molecule has 3 aromatic carbocycles. The number of ether oxygens (including phenoxy) is 2. The van der Waals surface area contributed by atoms with Gasteiger partial charge in [-0.05, 0) is 68.8 Å². The summed E-state index contributed by atoms with van der Waals surface area (Å²) in [5.74, 6) is 1.78. The Morgan fingerprint density at radius 2 is 1.77 bits per heavy atom. The molecule has 0 saturated carbocycles. The first-order chi connectivity index (χ1) is 15.0. The molecule has 0 spiro atoms. The van der Waals surface area contributed by atoms with Crippen molar-refractivity contribution in [2.75, 3.05) is 0 Å².